The van der Waals surface area contributed by atoms with Crippen molar-refractivity contribution in [1.29, 1.82) is 0 Å². The van der Waals surface area contributed by atoms with Crippen molar-refractivity contribution in [2.75, 3.05) is 53.9 Å². The van der Waals surface area contributed by atoms with E-state index >= 15 is 0 Å². The average molecular weight is 547 g/mol. The van der Waals surface area contributed by atoms with Gasteiger partial charge in [0, 0.05) is 38.5 Å². The van der Waals surface area contributed by atoms with Gasteiger partial charge in [-0.1, -0.05) is 43.7 Å². The first-order valence-electron chi connectivity index (χ1n) is 14.4. The molecule has 2 heterocycles. The van der Waals surface area contributed by atoms with E-state index in [0.29, 0.717) is 38.6 Å². The topological polar surface area (TPSA) is 104 Å². The molecule has 0 spiro atoms. The van der Waals surface area contributed by atoms with Crippen molar-refractivity contribution in [3.63, 3.8) is 0 Å². The van der Waals surface area contributed by atoms with Crippen molar-refractivity contribution in [1.82, 2.24) is 20.0 Å². The fraction of sp³-hybridized carbons (Fsp3) is 0.724. The summed E-state index contributed by atoms with van der Waals surface area (Å²) in [7, 11) is 5.70. The minimum absolute atomic E-state index is 0.0932. The third kappa shape index (κ3) is 7.84. The molecule has 10 nitrogen and oxygen atoms in total. The van der Waals surface area contributed by atoms with Crippen LogP contribution in [0.2, 0.25) is 0 Å². The zero-order chi connectivity index (χ0) is 27.9. The van der Waals surface area contributed by atoms with E-state index in [1.54, 1.807) is 16.8 Å². The molecule has 0 aromatic heterocycles. The minimum atomic E-state index is -0.999. The molecule has 2 N–H and O–H groups in total. The molecule has 4 rings (SSSR count). The quantitative estimate of drug-likeness (QED) is 0.392. The largest absolute Gasteiger partial charge is 0.443 e. The van der Waals surface area contributed by atoms with Gasteiger partial charge in [-0.2, -0.15) is 0 Å². The summed E-state index contributed by atoms with van der Waals surface area (Å²) in [5.41, 5.74) is 0.972. The minimum Gasteiger partial charge on any atom is -0.443 e. The van der Waals surface area contributed by atoms with Crippen LogP contribution in [0.1, 0.15) is 38.2 Å². The number of aliphatic hydroxyl groups is 1. The van der Waals surface area contributed by atoms with Crippen LogP contribution in [0.5, 0.6) is 0 Å². The molecule has 0 radical (unpaired) electrons. The van der Waals surface area contributed by atoms with Gasteiger partial charge in [0.2, 0.25) is 0 Å². The Morgan fingerprint density at radius 3 is 2.59 bits per heavy atom. The van der Waals surface area contributed by atoms with Gasteiger partial charge in [-0.25, -0.2) is 9.59 Å². The van der Waals surface area contributed by atoms with Gasteiger partial charge >= 0.3 is 12.1 Å². The molecule has 7 atom stereocenters. The molecule has 218 valence electrons. The summed E-state index contributed by atoms with van der Waals surface area (Å²) >= 11 is 0. The Bertz CT molecular complexity index is 926. The van der Waals surface area contributed by atoms with E-state index in [0.717, 1.165) is 31.2 Å². The number of carbonyl (C=O) groups excluding carboxylic acids is 2. The summed E-state index contributed by atoms with van der Waals surface area (Å²) in [4.78, 5) is 31.9. The standard InChI is InChI=1S/C29H46N4O6/c1-5-6-12-32(4)29(36)33(14-13-31(2)3)18-24(34)23(15-20-10-8-7-9-11-20)30-28(35)39-26-22-16-21-17-25(26)38-27(21)37-19-22/h7-11,21-27,34H,5-6,12-19H2,1-4H3,(H,30,35). The second-order valence-corrected chi connectivity index (χ2v) is 11.6. The lowest BCUT2D eigenvalue weighted by Gasteiger charge is -2.37. The Kier molecular flexibility index (Phi) is 10.5. The molecule has 39 heavy (non-hydrogen) atoms. The van der Waals surface area contributed by atoms with Gasteiger partial charge in [-0.3, -0.25) is 0 Å². The third-order valence-corrected chi connectivity index (χ3v) is 8.12. The Balaban J connectivity index is 1.44. The second-order valence-electron chi connectivity index (χ2n) is 11.6. The van der Waals surface area contributed by atoms with Crippen molar-refractivity contribution in [3.8, 4) is 0 Å². The highest BCUT2D eigenvalue weighted by Gasteiger charge is 2.53. The lowest BCUT2D eigenvalue weighted by atomic mass is 9.78. The monoisotopic (exact) mass is 546 g/mol. The average Bonchev–Trinajstić information content (AvgIpc) is 3.22. The number of rotatable bonds is 13. The normalized spacial score (nSPS) is 26.8. The molecule has 1 aromatic carbocycles. The first-order chi connectivity index (χ1) is 18.7. The van der Waals surface area contributed by atoms with E-state index in [1.807, 2.05) is 49.3 Å². The van der Waals surface area contributed by atoms with Crippen LogP contribution < -0.4 is 5.32 Å². The van der Waals surface area contributed by atoms with Crippen LogP contribution in [0.15, 0.2) is 30.3 Å². The van der Waals surface area contributed by atoms with Gasteiger partial charge in [0.05, 0.1) is 31.4 Å². The van der Waals surface area contributed by atoms with Gasteiger partial charge < -0.3 is 39.3 Å². The van der Waals surface area contributed by atoms with Gasteiger partial charge in [-0.05, 0) is 45.3 Å². The van der Waals surface area contributed by atoms with Crippen LogP contribution in [-0.4, -0.2) is 117 Å². The van der Waals surface area contributed by atoms with E-state index in [-0.39, 0.29) is 37.0 Å². The van der Waals surface area contributed by atoms with Gasteiger partial charge in [-0.15, -0.1) is 0 Å². The molecule has 7 unspecified atom stereocenters. The molecular weight excluding hydrogens is 500 g/mol. The predicted octanol–water partition coefficient (Wildman–Crippen LogP) is 2.55. The molecule has 1 aromatic rings. The summed E-state index contributed by atoms with van der Waals surface area (Å²) in [6, 6.07) is 8.94. The van der Waals surface area contributed by atoms with Crippen molar-refractivity contribution < 1.29 is 28.9 Å². The maximum Gasteiger partial charge on any atom is 0.407 e. The number of nitrogens with zero attached hydrogens (tertiary/aromatic N) is 3. The van der Waals surface area contributed by atoms with E-state index in [9.17, 15) is 14.7 Å². The Hall–Kier alpha value is -2.40. The molecule has 2 saturated heterocycles. The number of urea groups is 1. The highest BCUT2D eigenvalue weighted by Crippen LogP contribution is 2.46. The van der Waals surface area contributed by atoms with Crippen molar-refractivity contribution >= 4 is 12.1 Å². The van der Waals surface area contributed by atoms with Crippen molar-refractivity contribution in [3.05, 3.63) is 35.9 Å². The van der Waals surface area contributed by atoms with Crippen LogP contribution in [0.25, 0.3) is 0 Å². The van der Waals surface area contributed by atoms with Gasteiger partial charge in [0.15, 0.2) is 6.29 Å². The Labute approximate surface area is 232 Å². The zero-order valence-corrected chi connectivity index (χ0v) is 23.8. The molecular formula is C29H46N4O6. The van der Waals surface area contributed by atoms with Crippen LogP contribution in [0.3, 0.4) is 0 Å². The van der Waals surface area contributed by atoms with Crippen molar-refractivity contribution in [2.45, 2.75) is 69.7 Å². The van der Waals surface area contributed by atoms with Crippen LogP contribution >= 0.6 is 0 Å². The van der Waals surface area contributed by atoms with E-state index in [4.69, 9.17) is 14.2 Å². The van der Waals surface area contributed by atoms with E-state index in [1.165, 1.54) is 0 Å². The second kappa shape index (κ2) is 13.8. The zero-order valence-electron chi connectivity index (χ0n) is 23.8. The lowest BCUT2D eigenvalue weighted by molar-refractivity contribution is -0.153. The van der Waals surface area contributed by atoms with Crippen LogP contribution in [-0.2, 0) is 20.6 Å². The molecule has 3 amide bonds. The van der Waals surface area contributed by atoms with E-state index < -0.39 is 18.2 Å². The number of alkyl carbamates (subject to hydrolysis) is 1. The Morgan fingerprint density at radius 2 is 1.87 bits per heavy atom. The number of amides is 3. The molecule has 1 saturated carbocycles. The number of carbonyl (C=O) groups is 2. The van der Waals surface area contributed by atoms with E-state index in [2.05, 4.69) is 12.2 Å². The fourth-order valence-corrected chi connectivity index (χ4v) is 5.85. The van der Waals surface area contributed by atoms with Gasteiger partial charge in [0.25, 0.3) is 0 Å². The maximum absolute atomic E-state index is 13.3. The fourth-order valence-electron chi connectivity index (χ4n) is 5.85. The summed E-state index contributed by atoms with van der Waals surface area (Å²) in [6.45, 7) is 4.49. The first kappa shape index (κ1) is 29.6. The Morgan fingerprint density at radius 1 is 1.10 bits per heavy atom. The number of benzene rings is 1. The van der Waals surface area contributed by atoms with Crippen molar-refractivity contribution in [2.24, 2.45) is 11.8 Å². The molecule has 10 heteroatoms. The predicted molar refractivity (Wildman–Crippen MR) is 147 cm³/mol. The SMILES string of the molecule is CCCCN(C)C(=O)N(CCN(C)C)CC(O)C(Cc1ccccc1)NC(=O)OC1C2COC3OC1CC3C2. The number of likely N-dealkylation sites (N-methyl/N-ethyl adjacent to an activating group) is 1. The summed E-state index contributed by atoms with van der Waals surface area (Å²) < 4.78 is 17.7. The summed E-state index contributed by atoms with van der Waals surface area (Å²) in [6.07, 6.45) is 1.80. The maximum atomic E-state index is 13.3. The summed E-state index contributed by atoms with van der Waals surface area (Å²) in [5.74, 6) is 0.499. The summed E-state index contributed by atoms with van der Waals surface area (Å²) in [5, 5.41) is 14.4. The highest BCUT2D eigenvalue weighted by atomic mass is 16.7. The van der Waals surface area contributed by atoms with Crippen LogP contribution in [0, 0.1) is 11.8 Å². The molecule has 1 aliphatic carbocycles. The number of hydrogen-bond acceptors (Lipinski definition) is 7. The lowest BCUT2D eigenvalue weighted by Crippen LogP contribution is -2.54. The molecule has 2 aliphatic heterocycles. The highest BCUT2D eigenvalue weighted by molar-refractivity contribution is 5.74. The molecule has 3 bridgehead atoms. The number of hydrogen-bond donors (Lipinski definition) is 2. The number of unbranched alkanes of at least 4 members (excludes halogenated alkanes) is 1. The number of aliphatic hydroxyl groups excluding tert-OH is 1. The number of fused-ring (bicyclic) bond motifs is 2. The van der Waals surface area contributed by atoms with Gasteiger partial charge in [0.1, 0.15) is 6.10 Å². The smallest absolute Gasteiger partial charge is 0.407 e. The third-order valence-electron chi connectivity index (χ3n) is 8.12. The first-order valence-corrected chi connectivity index (χ1v) is 14.4. The molecule has 3 fully saturated rings. The number of ether oxygens (including phenoxy) is 3. The van der Waals surface area contributed by atoms with Crippen LogP contribution in [0.4, 0.5) is 9.59 Å². The number of nitrogens with one attached hydrogen (secondary N) is 1. The molecule has 3 aliphatic rings.